The monoisotopic (exact) mass is 307 g/mol. The molecule has 0 aliphatic heterocycles. The van der Waals surface area contributed by atoms with Crippen molar-refractivity contribution in [1.29, 1.82) is 0 Å². The predicted octanol–water partition coefficient (Wildman–Crippen LogP) is 1.46. The zero-order chi connectivity index (χ0) is 15.3. The predicted molar refractivity (Wildman–Crippen MR) is 81.3 cm³/mol. The van der Waals surface area contributed by atoms with Crippen LogP contribution in [0.15, 0.2) is 53.4 Å². The molecule has 0 bridgehead atoms. The molecule has 2 aromatic carbocycles. The van der Waals surface area contributed by atoms with Crippen molar-refractivity contribution in [3.63, 3.8) is 0 Å². The second-order valence-electron chi connectivity index (χ2n) is 4.28. The molecule has 0 saturated carbocycles. The number of nitrogen functional groups attached to an aromatic ring is 1. The minimum Gasteiger partial charge on any atom is -0.496 e. The number of hydrazine groups is 1. The standard InChI is InChI=1S/C14H17N3O3S/c1-20-13-8-4-2-6-11(13)10-16-21(18,19)14-9-5-3-7-12(14)17-15/h2-9,16-17H,10,15H2,1H3. The summed E-state index contributed by atoms with van der Waals surface area (Å²) in [7, 11) is -2.13. The van der Waals surface area contributed by atoms with Gasteiger partial charge in [0, 0.05) is 12.1 Å². The van der Waals surface area contributed by atoms with Crippen LogP contribution in [0, 0.1) is 0 Å². The zero-order valence-corrected chi connectivity index (χ0v) is 12.4. The van der Waals surface area contributed by atoms with Crippen molar-refractivity contribution < 1.29 is 13.2 Å². The molecule has 2 rings (SSSR count). The van der Waals surface area contributed by atoms with Gasteiger partial charge in [-0.15, -0.1) is 0 Å². The number of ether oxygens (including phenoxy) is 1. The Balaban J connectivity index is 2.22. The van der Waals surface area contributed by atoms with E-state index < -0.39 is 10.0 Å². The van der Waals surface area contributed by atoms with Gasteiger partial charge in [0.25, 0.3) is 0 Å². The van der Waals surface area contributed by atoms with Crippen LogP contribution in [0.3, 0.4) is 0 Å². The van der Waals surface area contributed by atoms with Crippen LogP contribution in [0.25, 0.3) is 0 Å². The third-order valence-corrected chi connectivity index (χ3v) is 4.44. The molecule has 2 aromatic rings. The molecule has 0 fully saturated rings. The lowest BCUT2D eigenvalue weighted by Crippen LogP contribution is -2.25. The van der Waals surface area contributed by atoms with Crippen LogP contribution in [-0.2, 0) is 16.6 Å². The van der Waals surface area contributed by atoms with Gasteiger partial charge < -0.3 is 10.2 Å². The molecule has 0 aliphatic rings. The van der Waals surface area contributed by atoms with Crippen molar-refractivity contribution in [1.82, 2.24) is 4.72 Å². The van der Waals surface area contributed by atoms with Crippen molar-refractivity contribution in [3.8, 4) is 5.75 Å². The van der Waals surface area contributed by atoms with Gasteiger partial charge in [-0.3, -0.25) is 5.84 Å². The number of para-hydroxylation sites is 2. The Morgan fingerprint density at radius 1 is 1.10 bits per heavy atom. The molecule has 0 unspecified atom stereocenters. The maximum absolute atomic E-state index is 12.3. The molecule has 6 nitrogen and oxygen atoms in total. The number of nitrogens with one attached hydrogen (secondary N) is 2. The van der Waals surface area contributed by atoms with Crippen molar-refractivity contribution >= 4 is 15.7 Å². The maximum atomic E-state index is 12.3. The number of hydrogen-bond acceptors (Lipinski definition) is 5. The number of nitrogens with two attached hydrogens (primary N) is 1. The Morgan fingerprint density at radius 2 is 1.76 bits per heavy atom. The molecule has 21 heavy (non-hydrogen) atoms. The van der Waals surface area contributed by atoms with Crippen LogP contribution in [0.2, 0.25) is 0 Å². The van der Waals surface area contributed by atoms with E-state index >= 15 is 0 Å². The Labute approximate surface area is 124 Å². The van der Waals surface area contributed by atoms with E-state index in [0.717, 1.165) is 5.56 Å². The molecule has 0 saturated heterocycles. The maximum Gasteiger partial charge on any atom is 0.242 e. The fraction of sp³-hybridized carbons (Fsp3) is 0.143. The first-order chi connectivity index (χ1) is 10.1. The third kappa shape index (κ3) is 3.52. The largest absolute Gasteiger partial charge is 0.496 e. The SMILES string of the molecule is COc1ccccc1CNS(=O)(=O)c1ccccc1NN. The number of anilines is 1. The summed E-state index contributed by atoms with van der Waals surface area (Å²) in [5.74, 6) is 5.97. The van der Waals surface area contributed by atoms with Crippen LogP contribution in [0.4, 0.5) is 5.69 Å². The molecule has 0 spiro atoms. The zero-order valence-electron chi connectivity index (χ0n) is 11.5. The molecule has 0 aliphatic carbocycles. The van der Waals surface area contributed by atoms with Gasteiger partial charge in [-0.25, -0.2) is 13.1 Å². The van der Waals surface area contributed by atoms with E-state index in [1.807, 2.05) is 12.1 Å². The topological polar surface area (TPSA) is 93.4 Å². The molecule has 112 valence electrons. The minimum absolute atomic E-state index is 0.0994. The molecule has 0 heterocycles. The van der Waals surface area contributed by atoms with Gasteiger partial charge in [-0.05, 0) is 18.2 Å². The average molecular weight is 307 g/mol. The highest BCUT2D eigenvalue weighted by molar-refractivity contribution is 7.89. The average Bonchev–Trinajstić information content (AvgIpc) is 2.53. The number of rotatable bonds is 6. The lowest BCUT2D eigenvalue weighted by molar-refractivity contribution is 0.409. The van der Waals surface area contributed by atoms with Gasteiger partial charge >= 0.3 is 0 Å². The van der Waals surface area contributed by atoms with Crippen LogP contribution >= 0.6 is 0 Å². The second kappa shape index (κ2) is 6.57. The summed E-state index contributed by atoms with van der Waals surface area (Å²) < 4.78 is 32.4. The summed E-state index contributed by atoms with van der Waals surface area (Å²) in [5, 5.41) is 0. The Kier molecular flexibility index (Phi) is 4.79. The van der Waals surface area contributed by atoms with Crippen molar-refractivity contribution in [3.05, 3.63) is 54.1 Å². The summed E-state index contributed by atoms with van der Waals surface area (Å²) in [6.45, 7) is 0.130. The van der Waals surface area contributed by atoms with Gasteiger partial charge in [0.15, 0.2) is 0 Å². The quantitative estimate of drug-likeness (QED) is 0.555. The van der Waals surface area contributed by atoms with Crippen LogP contribution < -0.4 is 20.7 Å². The van der Waals surface area contributed by atoms with Gasteiger partial charge in [-0.1, -0.05) is 30.3 Å². The summed E-state index contributed by atoms with van der Waals surface area (Å²) in [4.78, 5) is 0.0994. The molecule has 4 N–H and O–H groups in total. The molecular formula is C14H17N3O3S. The van der Waals surface area contributed by atoms with E-state index in [1.165, 1.54) is 6.07 Å². The van der Waals surface area contributed by atoms with Crippen molar-refractivity contribution in [2.24, 2.45) is 5.84 Å². The summed E-state index contributed by atoms with van der Waals surface area (Å²) in [6, 6.07) is 13.6. The summed E-state index contributed by atoms with van der Waals surface area (Å²) in [5.41, 5.74) is 3.47. The highest BCUT2D eigenvalue weighted by Crippen LogP contribution is 2.21. The lowest BCUT2D eigenvalue weighted by Gasteiger charge is -2.12. The molecule has 7 heteroatoms. The van der Waals surface area contributed by atoms with Crippen LogP contribution in [0.5, 0.6) is 5.75 Å². The van der Waals surface area contributed by atoms with E-state index in [-0.39, 0.29) is 11.4 Å². The van der Waals surface area contributed by atoms with E-state index in [2.05, 4.69) is 10.1 Å². The van der Waals surface area contributed by atoms with E-state index in [4.69, 9.17) is 10.6 Å². The van der Waals surface area contributed by atoms with E-state index in [0.29, 0.717) is 11.4 Å². The first-order valence-corrected chi connectivity index (χ1v) is 7.74. The second-order valence-corrected chi connectivity index (χ2v) is 6.01. The minimum atomic E-state index is -3.67. The van der Waals surface area contributed by atoms with Gasteiger partial charge in [0.05, 0.1) is 12.8 Å². The smallest absolute Gasteiger partial charge is 0.242 e. The first kappa shape index (κ1) is 15.3. The first-order valence-electron chi connectivity index (χ1n) is 6.25. The number of methoxy groups -OCH3 is 1. The van der Waals surface area contributed by atoms with Gasteiger partial charge in [-0.2, -0.15) is 0 Å². The fourth-order valence-electron chi connectivity index (χ4n) is 1.92. The lowest BCUT2D eigenvalue weighted by atomic mass is 10.2. The van der Waals surface area contributed by atoms with Crippen molar-refractivity contribution in [2.45, 2.75) is 11.4 Å². The van der Waals surface area contributed by atoms with E-state index in [1.54, 1.807) is 37.4 Å². The summed E-state index contributed by atoms with van der Waals surface area (Å²) >= 11 is 0. The third-order valence-electron chi connectivity index (χ3n) is 2.98. The highest BCUT2D eigenvalue weighted by atomic mass is 32.2. The molecule has 0 aromatic heterocycles. The number of sulfonamides is 1. The van der Waals surface area contributed by atoms with Crippen LogP contribution in [-0.4, -0.2) is 15.5 Å². The molecular weight excluding hydrogens is 290 g/mol. The number of benzene rings is 2. The van der Waals surface area contributed by atoms with Crippen molar-refractivity contribution in [2.75, 3.05) is 12.5 Å². The highest BCUT2D eigenvalue weighted by Gasteiger charge is 2.18. The summed E-state index contributed by atoms with van der Waals surface area (Å²) in [6.07, 6.45) is 0. The van der Waals surface area contributed by atoms with E-state index in [9.17, 15) is 8.42 Å². The number of hydrogen-bond donors (Lipinski definition) is 3. The van der Waals surface area contributed by atoms with Gasteiger partial charge in [0.2, 0.25) is 10.0 Å². The molecule has 0 amide bonds. The Hall–Kier alpha value is -2.09. The normalized spacial score (nSPS) is 11.1. The van der Waals surface area contributed by atoms with Gasteiger partial charge in [0.1, 0.15) is 10.6 Å². The van der Waals surface area contributed by atoms with Crippen LogP contribution in [0.1, 0.15) is 5.56 Å². The Morgan fingerprint density at radius 3 is 2.48 bits per heavy atom. The molecule has 0 atom stereocenters. The fourth-order valence-corrected chi connectivity index (χ4v) is 3.09. The molecule has 0 radical (unpaired) electrons. The Bertz CT molecular complexity index is 717.